The molecular weight excluding hydrogens is 438 g/mol. The maximum atomic E-state index is 10.7. The second-order valence-electron chi connectivity index (χ2n) is 8.24. The predicted molar refractivity (Wildman–Crippen MR) is 116 cm³/mol. The van der Waals surface area contributed by atoms with Crippen LogP contribution in [-0.2, 0) is 21.7 Å². The van der Waals surface area contributed by atoms with Crippen LogP contribution in [0.5, 0.6) is 0 Å². The molecule has 2 bridgehead atoms. The molecule has 2 heterocycles. The number of rotatable bonds is 6. The number of aliphatic hydroxyl groups excluding tert-OH is 4. The third kappa shape index (κ3) is 3.62. The number of benzene rings is 2. The molecule has 2 saturated heterocycles. The van der Waals surface area contributed by atoms with Gasteiger partial charge in [-0.2, -0.15) is 0 Å². The topological polar surface area (TPSA) is 132 Å². The Hall–Kier alpha value is -2.04. The summed E-state index contributed by atoms with van der Waals surface area (Å²) in [4.78, 5) is 0. The summed E-state index contributed by atoms with van der Waals surface area (Å²) in [6.45, 7) is 1.13. The fraction of sp³-hybridized carbons (Fsp3) is 0.435. The van der Waals surface area contributed by atoms with Crippen LogP contribution in [0.1, 0.15) is 35.6 Å². The summed E-state index contributed by atoms with van der Waals surface area (Å²) in [6.07, 6.45) is -3.57. The van der Waals surface area contributed by atoms with Gasteiger partial charge in [0, 0.05) is 10.6 Å². The molecule has 2 aromatic carbocycles. The Kier molecular flexibility index (Phi) is 6.30. The first-order valence-corrected chi connectivity index (χ1v) is 10.8. The molecule has 0 amide bonds. The third-order valence-corrected chi connectivity index (χ3v) is 6.68. The van der Waals surface area contributed by atoms with Crippen LogP contribution in [-0.4, -0.2) is 68.5 Å². The first-order chi connectivity index (χ1) is 15.3. The minimum atomic E-state index is -1.74. The molecular formula is C23H26ClNO7. The molecule has 2 fully saturated rings. The lowest BCUT2D eigenvalue weighted by Crippen LogP contribution is -2.65. The van der Waals surface area contributed by atoms with Crippen LogP contribution in [0.15, 0.2) is 47.6 Å². The van der Waals surface area contributed by atoms with Gasteiger partial charge in [-0.3, -0.25) is 0 Å². The fourth-order valence-corrected chi connectivity index (χ4v) is 4.55. The van der Waals surface area contributed by atoms with Crippen molar-refractivity contribution in [1.82, 2.24) is 0 Å². The minimum Gasteiger partial charge on any atom is -0.411 e. The first kappa shape index (κ1) is 23.1. The van der Waals surface area contributed by atoms with E-state index in [1.165, 1.54) is 0 Å². The highest BCUT2D eigenvalue weighted by molar-refractivity contribution is 6.31. The Morgan fingerprint density at radius 2 is 1.84 bits per heavy atom. The van der Waals surface area contributed by atoms with Crippen LogP contribution in [0.3, 0.4) is 0 Å². The summed E-state index contributed by atoms with van der Waals surface area (Å²) < 4.78 is 11.7. The molecule has 2 aliphatic heterocycles. The molecule has 2 aromatic rings. The normalized spacial score (nSPS) is 32.3. The predicted octanol–water partition coefficient (Wildman–Crippen LogP) is 1.55. The van der Waals surface area contributed by atoms with E-state index in [-0.39, 0.29) is 6.61 Å². The molecule has 2 aliphatic rings. The molecule has 172 valence electrons. The zero-order valence-corrected chi connectivity index (χ0v) is 18.2. The van der Waals surface area contributed by atoms with E-state index in [1.807, 2.05) is 31.2 Å². The summed E-state index contributed by atoms with van der Waals surface area (Å²) in [5.41, 5.74) is 1.99. The zero-order chi connectivity index (χ0) is 23.1. The molecule has 9 heteroatoms. The maximum absolute atomic E-state index is 10.7. The van der Waals surface area contributed by atoms with E-state index < -0.39 is 36.3 Å². The fourth-order valence-electron chi connectivity index (χ4n) is 4.37. The Morgan fingerprint density at radius 3 is 2.47 bits per heavy atom. The Labute approximate surface area is 190 Å². The van der Waals surface area contributed by atoms with E-state index in [2.05, 4.69) is 5.16 Å². The van der Waals surface area contributed by atoms with Gasteiger partial charge in [0.15, 0.2) is 0 Å². The maximum Gasteiger partial charge on any atom is 0.225 e. The van der Waals surface area contributed by atoms with Crippen molar-refractivity contribution < 1.29 is 35.1 Å². The SMILES string of the molecule is CCC(=NO)c1ccc(Cc2cc([C@]34OC[C@](CO)(O3)[C@@H](O)[C@H](O)[C@H]4O)ccc2Cl)cc1. The molecule has 0 radical (unpaired) electrons. The van der Waals surface area contributed by atoms with Crippen molar-refractivity contribution in [2.24, 2.45) is 5.16 Å². The monoisotopic (exact) mass is 463 g/mol. The number of halogens is 1. The van der Waals surface area contributed by atoms with Crippen molar-refractivity contribution in [3.8, 4) is 0 Å². The van der Waals surface area contributed by atoms with Crippen molar-refractivity contribution in [3.63, 3.8) is 0 Å². The van der Waals surface area contributed by atoms with Crippen molar-refractivity contribution >= 4 is 17.3 Å². The van der Waals surface area contributed by atoms with Crippen LogP contribution < -0.4 is 0 Å². The van der Waals surface area contributed by atoms with Crippen LogP contribution >= 0.6 is 11.6 Å². The van der Waals surface area contributed by atoms with Gasteiger partial charge in [-0.25, -0.2) is 0 Å². The molecule has 0 aliphatic carbocycles. The number of aliphatic hydroxyl groups is 4. The molecule has 0 aromatic heterocycles. The van der Waals surface area contributed by atoms with Gasteiger partial charge in [-0.15, -0.1) is 0 Å². The van der Waals surface area contributed by atoms with Crippen molar-refractivity contribution in [1.29, 1.82) is 0 Å². The standard InChI is InChI=1S/C23H26ClNO7/c1-2-18(25-30)14-5-3-13(4-6-14)9-15-10-16(7-8-17(15)24)23-21(29)19(27)20(28)22(11-26,32-23)12-31-23/h3-8,10,19-21,26-30H,2,9,11-12H2,1H3/t19-,20-,21+,22-,23-/m0/s1. The van der Waals surface area contributed by atoms with Gasteiger partial charge in [0.05, 0.1) is 18.9 Å². The largest absolute Gasteiger partial charge is 0.411 e. The number of hydrogen-bond acceptors (Lipinski definition) is 8. The van der Waals surface area contributed by atoms with Gasteiger partial charge in [0.1, 0.15) is 23.9 Å². The molecule has 5 N–H and O–H groups in total. The van der Waals surface area contributed by atoms with Crippen LogP contribution in [0.4, 0.5) is 0 Å². The lowest BCUT2D eigenvalue weighted by molar-refractivity contribution is -0.329. The van der Waals surface area contributed by atoms with Gasteiger partial charge >= 0.3 is 0 Å². The Morgan fingerprint density at radius 1 is 1.12 bits per heavy atom. The Balaban J connectivity index is 1.65. The van der Waals surface area contributed by atoms with E-state index in [1.54, 1.807) is 18.2 Å². The summed E-state index contributed by atoms with van der Waals surface area (Å²) in [5.74, 6) is -1.74. The van der Waals surface area contributed by atoms with E-state index in [4.69, 9.17) is 26.3 Å². The van der Waals surface area contributed by atoms with Crippen molar-refractivity contribution in [2.75, 3.05) is 13.2 Å². The smallest absolute Gasteiger partial charge is 0.225 e. The van der Waals surface area contributed by atoms with E-state index >= 15 is 0 Å². The van der Waals surface area contributed by atoms with E-state index in [0.29, 0.717) is 29.1 Å². The average molecular weight is 464 g/mol. The van der Waals surface area contributed by atoms with Gasteiger partial charge < -0.3 is 35.1 Å². The second kappa shape index (κ2) is 8.72. The summed E-state index contributed by atoms with van der Waals surface area (Å²) in [5, 5.41) is 54.1. The zero-order valence-electron chi connectivity index (χ0n) is 17.5. The molecule has 8 nitrogen and oxygen atoms in total. The lowest BCUT2D eigenvalue weighted by Gasteiger charge is -2.46. The summed E-state index contributed by atoms with van der Waals surface area (Å²) in [6, 6.07) is 12.6. The minimum absolute atomic E-state index is 0.190. The number of ether oxygens (including phenoxy) is 2. The number of hydrogen-bond donors (Lipinski definition) is 5. The van der Waals surface area contributed by atoms with Crippen LogP contribution in [0, 0.1) is 0 Å². The van der Waals surface area contributed by atoms with E-state index in [0.717, 1.165) is 16.7 Å². The van der Waals surface area contributed by atoms with Gasteiger partial charge in [0.25, 0.3) is 0 Å². The van der Waals surface area contributed by atoms with Crippen molar-refractivity contribution in [3.05, 3.63) is 69.7 Å². The number of oxime groups is 1. The van der Waals surface area contributed by atoms with E-state index in [9.17, 15) is 20.4 Å². The molecule has 0 spiro atoms. The molecule has 5 atom stereocenters. The molecule has 4 rings (SSSR count). The summed E-state index contributed by atoms with van der Waals surface area (Å²) >= 11 is 6.43. The van der Waals surface area contributed by atoms with Crippen molar-refractivity contribution in [2.45, 2.75) is 49.5 Å². The molecule has 0 saturated carbocycles. The van der Waals surface area contributed by atoms with Gasteiger partial charge in [0.2, 0.25) is 5.79 Å². The first-order valence-electron chi connectivity index (χ1n) is 10.4. The second-order valence-corrected chi connectivity index (χ2v) is 8.65. The highest BCUT2D eigenvalue weighted by Crippen LogP contribution is 2.49. The highest BCUT2D eigenvalue weighted by Gasteiger charge is 2.67. The number of fused-ring (bicyclic) bond motifs is 2. The average Bonchev–Trinajstić information content (AvgIpc) is 3.20. The Bertz CT molecular complexity index is 1010. The quantitative estimate of drug-likeness (QED) is 0.249. The van der Waals surface area contributed by atoms with Crippen LogP contribution in [0.25, 0.3) is 0 Å². The van der Waals surface area contributed by atoms with Crippen LogP contribution in [0.2, 0.25) is 5.02 Å². The number of nitrogens with zero attached hydrogens (tertiary/aromatic N) is 1. The van der Waals surface area contributed by atoms with Gasteiger partial charge in [-0.05, 0) is 41.7 Å². The summed E-state index contributed by atoms with van der Waals surface area (Å²) in [7, 11) is 0. The lowest BCUT2D eigenvalue weighted by atomic mass is 9.83. The van der Waals surface area contributed by atoms with Gasteiger partial charge in [-0.1, -0.05) is 54.0 Å². The highest BCUT2D eigenvalue weighted by atomic mass is 35.5. The molecule has 0 unspecified atom stereocenters. The molecule has 32 heavy (non-hydrogen) atoms. The third-order valence-electron chi connectivity index (χ3n) is 6.31.